The second-order valence-electron chi connectivity index (χ2n) is 3.84. The van der Waals surface area contributed by atoms with E-state index in [1.54, 1.807) is 0 Å². The van der Waals surface area contributed by atoms with Crippen molar-refractivity contribution in [1.82, 2.24) is 9.78 Å². The molecule has 0 aliphatic heterocycles. The zero-order valence-corrected chi connectivity index (χ0v) is 9.55. The van der Waals surface area contributed by atoms with Crippen LogP contribution in [0.2, 0.25) is 0 Å². The van der Waals surface area contributed by atoms with Crippen LogP contribution in [0.25, 0.3) is 0 Å². The maximum Gasteiger partial charge on any atom is 0.104 e. The zero-order valence-electron chi connectivity index (χ0n) is 7.96. The Labute approximate surface area is 87.5 Å². The van der Waals surface area contributed by atoms with Crippen LogP contribution in [0.4, 0.5) is 0 Å². The Morgan fingerprint density at radius 3 is 2.62 bits per heavy atom. The third-order valence-electron chi connectivity index (χ3n) is 2.73. The summed E-state index contributed by atoms with van der Waals surface area (Å²) in [5, 5.41) is 4.50. The van der Waals surface area contributed by atoms with Gasteiger partial charge in [0, 0.05) is 0 Å². The van der Waals surface area contributed by atoms with Crippen LogP contribution < -0.4 is 0 Å². The number of aromatic nitrogens is 2. The van der Waals surface area contributed by atoms with Crippen LogP contribution in [-0.4, -0.2) is 9.78 Å². The Morgan fingerprint density at radius 1 is 1.38 bits per heavy atom. The molecule has 0 unspecified atom stereocenters. The van der Waals surface area contributed by atoms with Gasteiger partial charge >= 0.3 is 0 Å². The van der Waals surface area contributed by atoms with Gasteiger partial charge in [-0.2, -0.15) is 5.10 Å². The number of halogens is 1. The normalized spacial score (nSPS) is 19.2. The highest BCUT2D eigenvalue weighted by molar-refractivity contribution is 9.10. The molecule has 1 aromatic heterocycles. The molecule has 1 aliphatic rings. The molecule has 0 aromatic carbocycles. The minimum atomic E-state index is 0.636. The Morgan fingerprint density at radius 2 is 2.08 bits per heavy atom. The molecule has 72 valence electrons. The molecule has 1 saturated carbocycles. The summed E-state index contributed by atoms with van der Waals surface area (Å²) in [4.78, 5) is 0. The fourth-order valence-corrected chi connectivity index (χ4v) is 2.77. The lowest BCUT2D eigenvalue weighted by Gasteiger charge is -2.22. The first-order chi connectivity index (χ1) is 6.27. The Kier molecular flexibility index (Phi) is 2.72. The first-order valence-electron chi connectivity index (χ1n) is 4.99. The minimum Gasteiger partial charge on any atom is -0.255 e. The predicted molar refractivity (Wildman–Crippen MR) is 56.8 cm³/mol. The molecule has 1 aliphatic carbocycles. The van der Waals surface area contributed by atoms with Gasteiger partial charge in [0.15, 0.2) is 0 Å². The lowest BCUT2D eigenvalue weighted by atomic mass is 9.96. The monoisotopic (exact) mass is 242 g/mol. The molecule has 1 fully saturated rings. The van der Waals surface area contributed by atoms with Crippen LogP contribution >= 0.6 is 15.9 Å². The molecule has 0 spiro atoms. The largest absolute Gasteiger partial charge is 0.255 e. The summed E-state index contributed by atoms with van der Waals surface area (Å²) in [6, 6.07) is 2.73. The molecular weight excluding hydrogens is 228 g/mol. The highest BCUT2D eigenvalue weighted by atomic mass is 79.9. The molecule has 0 bridgehead atoms. The maximum atomic E-state index is 4.50. The highest BCUT2D eigenvalue weighted by Gasteiger charge is 2.17. The van der Waals surface area contributed by atoms with E-state index in [1.807, 2.05) is 6.92 Å². The quantitative estimate of drug-likeness (QED) is 0.738. The average molecular weight is 243 g/mol. The van der Waals surface area contributed by atoms with Crippen LogP contribution in [-0.2, 0) is 0 Å². The first-order valence-corrected chi connectivity index (χ1v) is 5.78. The Hall–Kier alpha value is -0.310. The third-order valence-corrected chi connectivity index (χ3v) is 3.33. The van der Waals surface area contributed by atoms with Crippen LogP contribution in [0.15, 0.2) is 10.7 Å². The second kappa shape index (κ2) is 3.82. The van der Waals surface area contributed by atoms with Crippen molar-refractivity contribution in [2.75, 3.05) is 0 Å². The predicted octanol–water partition coefficient (Wildman–Crippen LogP) is 3.46. The van der Waals surface area contributed by atoms with E-state index in [0.29, 0.717) is 6.04 Å². The molecule has 2 rings (SSSR count). The van der Waals surface area contributed by atoms with Gasteiger partial charge in [-0.05, 0) is 41.8 Å². The highest BCUT2D eigenvalue weighted by Crippen LogP contribution is 2.30. The van der Waals surface area contributed by atoms with E-state index in [2.05, 4.69) is 31.8 Å². The van der Waals surface area contributed by atoms with E-state index >= 15 is 0 Å². The van der Waals surface area contributed by atoms with Gasteiger partial charge in [0.05, 0.1) is 11.7 Å². The SMILES string of the molecule is Cc1cc(Br)n(C2CCCCC2)n1. The third kappa shape index (κ3) is 1.96. The summed E-state index contributed by atoms with van der Waals surface area (Å²) < 4.78 is 3.28. The Bertz CT molecular complexity index is 287. The molecular formula is C10H15BrN2. The van der Waals surface area contributed by atoms with Gasteiger partial charge in [-0.1, -0.05) is 19.3 Å². The van der Waals surface area contributed by atoms with Gasteiger partial charge in [-0.15, -0.1) is 0 Å². The Balaban J connectivity index is 2.18. The van der Waals surface area contributed by atoms with Crippen molar-refractivity contribution in [3.05, 3.63) is 16.4 Å². The van der Waals surface area contributed by atoms with E-state index in [9.17, 15) is 0 Å². The van der Waals surface area contributed by atoms with E-state index < -0.39 is 0 Å². The number of aryl methyl sites for hydroxylation is 1. The molecule has 0 amide bonds. The first kappa shape index (κ1) is 9.25. The van der Waals surface area contributed by atoms with Crippen molar-refractivity contribution in [3.8, 4) is 0 Å². The fraction of sp³-hybridized carbons (Fsp3) is 0.700. The van der Waals surface area contributed by atoms with Gasteiger partial charge in [-0.3, -0.25) is 4.68 Å². The van der Waals surface area contributed by atoms with E-state index in [1.165, 1.54) is 32.1 Å². The van der Waals surface area contributed by atoms with Gasteiger partial charge in [0.25, 0.3) is 0 Å². The van der Waals surface area contributed by atoms with Crippen molar-refractivity contribution in [2.24, 2.45) is 0 Å². The van der Waals surface area contributed by atoms with Gasteiger partial charge in [0.2, 0.25) is 0 Å². The van der Waals surface area contributed by atoms with E-state index in [4.69, 9.17) is 0 Å². The summed E-state index contributed by atoms with van der Waals surface area (Å²) in [5.74, 6) is 0. The molecule has 0 saturated heterocycles. The molecule has 0 N–H and O–H groups in total. The smallest absolute Gasteiger partial charge is 0.104 e. The van der Waals surface area contributed by atoms with Crippen molar-refractivity contribution in [2.45, 2.75) is 45.1 Å². The summed E-state index contributed by atoms with van der Waals surface area (Å²) in [6.45, 7) is 2.05. The number of hydrogen-bond donors (Lipinski definition) is 0. The molecule has 0 atom stereocenters. The second-order valence-corrected chi connectivity index (χ2v) is 4.66. The molecule has 3 heteroatoms. The molecule has 0 radical (unpaired) electrons. The van der Waals surface area contributed by atoms with E-state index in [-0.39, 0.29) is 0 Å². The average Bonchev–Trinajstić information content (AvgIpc) is 2.47. The van der Waals surface area contributed by atoms with Crippen molar-refractivity contribution < 1.29 is 0 Å². The number of hydrogen-bond acceptors (Lipinski definition) is 1. The van der Waals surface area contributed by atoms with Crippen LogP contribution in [0.5, 0.6) is 0 Å². The summed E-state index contributed by atoms with van der Waals surface area (Å²) in [5.41, 5.74) is 1.11. The van der Waals surface area contributed by atoms with Gasteiger partial charge in [-0.25, -0.2) is 0 Å². The summed E-state index contributed by atoms with van der Waals surface area (Å²) in [6.07, 6.45) is 6.69. The molecule has 2 nitrogen and oxygen atoms in total. The van der Waals surface area contributed by atoms with Gasteiger partial charge < -0.3 is 0 Å². The molecule has 13 heavy (non-hydrogen) atoms. The van der Waals surface area contributed by atoms with Crippen molar-refractivity contribution in [1.29, 1.82) is 0 Å². The number of rotatable bonds is 1. The van der Waals surface area contributed by atoms with Gasteiger partial charge in [0.1, 0.15) is 4.60 Å². The van der Waals surface area contributed by atoms with Crippen molar-refractivity contribution >= 4 is 15.9 Å². The number of nitrogens with zero attached hydrogens (tertiary/aromatic N) is 2. The standard InChI is InChI=1S/C10H15BrN2/c1-8-7-10(11)13(12-8)9-5-3-2-4-6-9/h7,9H,2-6H2,1H3. The molecule has 1 aromatic rings. The maximum absolute atomic E-state index is 4.50. The fourth-order valence-electron chi connectivity index (χ4n) is 2.07. The van der Waals surface area contributed by atoms with Crippen LogP contribution in [0.1, 0.15) is 43.8 Å². The zero-order chi connectivity index (χ0) is 9.26. The lowest BCUT2D eigenvalue weighted by molar-refractivity contribution is 0.324. The molecule has 1 heterocycles. The lowest BCUT2D eigenvalue weighted by Crippen LogP contribution is -2.14. The topological polar surface area (TPSA) is 17.8 Å². The summed E-state index contributed by atoms with van der Waals surface area (Å²) >= 11 is 3.55. The van der Waals surface area contributed by atoms with Crippen molar-refractivity contribution in [3.63, 3.8) is 0 Å². The van der Waals surface area contributed by atoms with Crippen LogP contribution in [0, 0.1) is 6.92 Å². The van der Waals surface area contributed by atoms with E-state index in [0.717, 1.165) is 10.3 Å². The summed E-state index contributed by atoms with van der Waals surface area (Å²) in [7, 11) is 0. The minimum absolute atomic E-state index is 0.636. The van der Waals surface area contributed by atoms with Crippen LogP contribution in [0.3, 0.4) is 0 Å².